The Morgan fingerprint density at radius 2 is 2.09 bits per heavy atom. The van der Waals surface area contributed by atoms with Gasteiger partial charge in [0, 0.05) is 43.0 Å². The van der Waals surface area contributed by atoms with Crippen LogP contribution in [0.3, 0.4) is 0 Å². The summed E-state index contributed by atoms with van der Waals surface area (Å²) in [5.41, 5.74) is 4.68. The SMILES string of the molecule is COc1cccc(Cc2ccc(C3CCCN(C(=O)c4noc(C)c4CN(C)C)C3)nc2)c1. The number of benzene rings is 1. The molecule has 0 spiro atoms. The molecule has 4 rings (SSSR count). The molecule has 0 N–H and O–H groups in total. The molecule has 1 saturated heterocycles. The van der Waals surface area contributed by atoms with Crippen molar-refractivity contribution in [2.75, 3.05) is 34.3 Å². The third-order valence-electron chi connectivity index (χ3n) is 6.18. The third kappa shape index (κ3) is 5.42. The maximum absolute atomic E-state index is 13.3. The number of rotatable bonds is 7. The second-order valence-corrected chi connectivity index (χ2v) is 9.01. The van der Waals surface area contributed by atoms with Crippen LogP contribution in [0.2, 0.25) is 0 Å². The monoisotopic (exact) mass is 448 g/mol. The number of methoxy groups -OCH3 is 1. The molecule has 0 radical (unpaired) electrons. The second-order valence-electron chi connectivity index (χ2n) is 9.01. The minimum atomic E-state index is -0.0527. The number of carbonyl (C=O) groups is 1. The Kier molecular flexibility index (Phi) is 7.08. The van der Waals surface area contributed by atoms with E-state index in [9.17, 15) is 4.79 Å². The zero-order chi connectivity index (χ0) is 23.4. The van der Waals surface area contributed by atoms with Gasteiger partial charge in [-0.3, -0.25) is 9.78 Å². The molecular formula is C26H32N4O3. The standard InChI is InChI=1S/C26H32N4O3/c1-18-23(17-29(2)3)25(28-33-18)26(31)30-12-6-8-21(16-30)24-11-10-20(15-27-24)13-19-7-5-9-22(14-19)32-4/h5,7,9-11,14-15,21H,6,8,12-13,16-17H2,1-4H3. The van der Waals surface area contributed by atoms with Gasteiger partial charge in [-0.05, 0) is 69.6 Å². The van der Waals surface area contributed by atoms with Crippen LogP contribution in [0, 0.1) is 6.92 Å². The lowest BCUT2D eigenvalue weighted by Crippen LogP contribution is -2.40. The van der Waals surface area contributed by atoms with Gasteiger partial charge in [-0.15, -0.1) is 0 Å². The highest BCUT2D eigenvalue weighted by Crippen LogP contribution is 2.28. The first-order valence-electron chi connectivity index (χ1n) is 11.4. The van der Waals surface area contributed by atoms with Gasteiger partial charge in [0.1, 0.15) is 11.5 Å². The van der Waals surface area contributed by atoms with Gasteiger partial charge in [-0.25, -0.2) is 0 Å². The lowest BCUT2D eigenvalue weighted by atomic mass is 9.93. The first-order chi connectivity index (χ1) is 15.9. The summed E-state index contributed by atoms with van der Waals surface area (Å²) >= 11 is 0. The molecule has 1 unspecified atom stereocenters. The van der Waals surface area contributed by atoms with Crippen LogP contribution in [0.25, 0.3) is 0 Å². The van der Waals surface area contributed by atoms with Crippen LogP contribution in [0.5, 0.6) is 5.75 Å². The van der Waals surface area contributed by atoms with Gasteiger partial charge in [0.2, 0.25) is 0 Å². The normalized spacial score (nSPS) is 16.3. The van der Waals surface area contributed by atoms with Crippen molar-refractivity contribution in [1.29, 1.82) is 0 Å². The van der Waals surface area contributed by atoms with Gasteiger partial charge < -0.3 is 19.1 Å². The van der Waals surface area contributed by atoms with Crippen molar-refractivity contribution in [2.24, 2.45) is 0 Å². The molecule has 0 bridgehead atoms. The second kappa shape index (κ2) is 10.2. The van der Waals surface area contributed by atoms with Gasteiger partial charge in [0.25, 0.3) is 5.91 Å². The molecule has 7 nitrogen and oxygen atoms in total. The maximum atomic E-state index is 13.3. The summed E-state index contributed by atoms with van der Waals surface area (Å²) in [5.74, 6) is 1.73. The maximum Gasteiger partial charge on any atom is 0.276 e. The molecular weight excluding hydrogens is 416 g/mol. The molecule has 33 heavy (non-hydrogen) atoms. The molecule has 0 saturated carbocycles. The van der Waals surface area contributed by atoms with Gasteiger partial charge in [-0.1, -0.05) is 23.4 Å². The van der Waals surface area contributed by atoms with E-state index in [1.807, 2.05) is 49.1 Å². The summed E-state index contributed by atoms with van der Waals surface area (Å²) < 4.78 is 10.7. The van der Waals surface area contributed by atoms with E-state index in [-0.39, 0.29) is 11.8 Å². The Morgan fingerprint density at radius 3 is 2.82 bits per heavy atom. The number of aryl methyl sites for hydroxylation is 1. The summed E-state index contributed by atoms with van der Waals surface area (Å²) in [5, 5.41) is 4.09. The first-order valence-corrected chi connectivity index (χ1v) is 11.4. The number of carbonyl (C=O) groups excluding carboxylic acids is 1. The van der Waals surface area contributed by atoms with Crippen LogP contribution >= 0.6 is 0 Å². The summed E-state index contributed by atoms with van der Waals surface area (Å²) in [6.45, 7) is 3.87. The lowest BCUT2D eigenvalue weighted by molar-refractivity contribution is 0.0693. The Labute approximate surface area is 195 Å². The van der Waals surface area contributed by atoms with Gasteiger partial charge >= 0.3 is 0 Å². The van der Waals surface area contributed by atoms with E-state index < -0.39 is 0 Å². The Hall–Kier alpha value is -3.19. The molecule has 1 aliphatic heterocycles. The minimum absolute atomic E-state index is 0.0527. The number of piperidine rings is 1. The van der Waals surface area contributed by atoms with E-state index in [0.717, 1.165) is 48.4 Å². The van der Waals surface area contributed by atoms with Crippen LogP contribution in [-0.4, -0.2) is 60.1 Å². The number of likely N-dealkylation sites (tertiary alicyclic amines) is 1. The lowest BCUT2D eigenvalue weighted by Gasteiger charge is -2.32. The average Bonchev–Trinajstić information content (AvgIpc) is 3.18. The molecule has 1 atom stereocenters. The van der Waals surface area contributed by atoms with Crippen LogP contribution < -0.4 is 4.74 Å². The van der Waals surface area contributed by atoms with E-state index >= 15 is 0 Å². The predicted molar refractivity (Wildman–Crippen MR) is 127 cm³/mol. The van der Waals surface area contributed by atoms with Gasteiger partial charge in [-0.2, -0.15) is 0 Å². The Morgan fingerprint density at radius 1 is 1.24 bits per heavy atom. The van der Waals surface area contributed by atoms with Crippen molar-refractivity contribution in [2.45, 2.75) is 38.6 Å². The number of amides is 1. The summed E-state index contributed by atoms with van der Waals surface area (Å²) in [6.07, 6.45) is 4.73. The van der Waals surface area contributed by atoms with Crippen molar-refractivity contribution in [1.82, 2.24) is 19.9 Å². The van der Waals surface area contributed by atoms with Crippen molar-refractivity contribution >= 4 is 5.91 Å². The smallest absolute Gasteiger partial charge is 0.276 e. The largest absolute Gasteiger partial charge is 0.497 e. The number of pyridine rings is 1. The number of hydrogen-bond donors (Lipinski definition) is 0. The predicted octanol–water partition coefficient (Wildman–Crippen LogP) is 4.06. The molecule has 0 aliphatic carbocycles. The van der Waals surface area contributed by atoms with Crippen LogP contribution in [0.15, 0.2) is 47.1 Å². The Balaban J connectivity index is 1.44. The number of aromatic nitrogens is 2. The van der Waals surface area contributed by atoms with Gasteiger partial charge in [0.15, 0.2) is 5.69 Å². The fraction of sp³-hybridized carbons (Fsp3) is 0.423. The minimum Gasteiger partial charge on any atom is -0.497 e. The Bertz CT molecular complexity index is 1090. The van der Waals surface area contributed by atoms with E-state index in [1.54, 1.807) is 7.11 Å². The highest BCUT2D eigenvalue weighted by molar-refractivity contribution is 5.94. The molecule has 3 heterocycles. The fourth-order valence-electron chi connectivity index (χ4n) is 4.41. The summed E-state index contributed by atoms with van der Waals surface area (Å²) in [7, 11) is 5.63. The number of ether oxygens (including phenoxy) is 1. The van der Waals surface area contributed by atoms with Gasteiger partial charge in [0.05, 0.1) is 7.11 Å². The topological polar surface area (TPSA) is 71.7 Å². The first kappa shape index (κ1) is 23.0. The molecule has 1 aliphatic rings. The van der Waals surface area contributed by atoms with E-state index in [2.05, 4.69) is 29.4 Å². The molecule has 2 aromatic heterocycles. The highest BCUT2D eigenvalue weighted by Gasteiger charge is 2.30. The van der Waals surface area contributed by atoms with E-state index in [4.69, 9.17) is 14.2 Å². The number of nitrogens with zero attached hydrogens (tertiary/aromatic N) is 4. The zero-order valence-electron chi connectivity index (χ0n) is 19.9. The molecule has 1 aromatic carbocycles. The van der Waals surface area contributed by atoms with Crippen LogP contribution in [0.4, 0.5) is 0 Å². The van der Waals surface area contributed by atoms with E-state index in [1.165, 1.54) is 5.56 Å². The molecule has 7 heteroatoms. The van der Waals surface area contributed by atoms with Crippen molar-refractivity contribution in [3.63, 3.8) is 0 Å². The van der Waals surface area contributed by atoms with Crippen molar-refractivity contribution in [3.8, 4) is 5.75 Å². The van der Waals surface area contributed by atoms with Crippen LogP contribution in [0.1, 0.15) is 57.4 Å². The third-order valence-corrected chi connectivity index (χ3v) is 6.18. The fourth-order valence-corrected chi connectivity index (χ4v) is 4.41. The molecule has 1 fully saturated rings. The number of hydrogen-bond acceptors (Lipinski definition) is 6. The van der Waals surface area contributed by atoms with Crippen molar-refractivity contribution in [3.05, 3.63) is 76.4 Å². The summed E-state index contributed by atoms with van der Waals surface area (Å²) in [4.78, 5) is 21.9. The summed E-state index contributed by atoms with van der Waals surface area (Å²) in [6, 6.07) is 12.3. The quantitative estimate of drug-likeness (QED) is 0.543. The van der Waals surface area contributed by atoms with Crippen molar-refractivity contribution < 1.29 is 14.1 Å². The van der Waals surface area contributed by atoms with Crippen LogP contribution in [-0.2, 0) is 13.0 Å². The average molecular weight is 449 g/mol. The zero-order valence-corrected chi connectivity index (χ0v) is 19.9. The molecule has 174 valence electrons. The van der Waals surface area contributed by atoms with E-state index in [0.29, 0.717) is 24.5 Å². The highest BCUT2D eigenvalue weighted by atomic mass is 16.5. The molecule has 3 aromatic rings. The molecule has 1 amide bonds.